The largest absolute Gasteiger partial charge is 0.488 e. The van der Waals surface area contributed by atoms with Crippen molar-refractivity contribution in [1.82, 2.24) is 0 Å². The van der Waals surface area contributed by atoms with Crippen LogP contribution in [0.25, 0.3) is 0 Å². The Morgan fingerprint density at radius 3 is 2.43 bits per heavy atom. The van der Waals surface area contributed by atoms with Gasteiger partial charge in [-0.25, -0.2) is 8.78 Å². The molecule has 0 aromatic heterocycles. The molecule has 21 heavy (non-hydrogen) atoms. The molecule has 0 atom stereocenters. The van der Waals surface area contributed by atoms with Crippen molar-refractivity contribution in [3.63, 3.8) is 0 Å². The number of benzene rings is 2. The highest BCUT2D eigenvalue weighted by Crippen LogP contribution is 2.27. The highest BCUT2D eigenvalue weighted by atomic mass is 79.9. The van der Waals surface area contributed by atoms with Crippen LogP contribution in [0.1, 0.15) is 11.1 Å². The number of nitrogens with zero attached hydrogens (tertiary/aromatic N) is 1. The molecule has 0 radical (unpaired) electrons. The Morgan fingerprint density at radius 2 is 1.86 bits per heavy atom. The molecule has 0 saturated carbocycles. The lowest BCUT2D eigenvalue weighted by atomic mass is 10.2. The van der Waals surface area contributed by atoms with Gasteiger partial charge in [0.1, 0.15) is 24.0 Å². The molecule has 2 aromatic rings. The quantitative estimate of drug-likeness (QED) is 0.454. The third-order valence-electron chi connectivity index (χ3n) is 2.83. The first-order chi connectivity index (χ1) is 10.0. The summed E-state index contributed by atoms with van der Waals surface area (Å²) in [6, 6.07) is 7.59. The van der Waals surface area contributed by atoms with Crippen molar-refractivity contribution in [1.29, 1.82) is 0 Å². The minimum Gasteiger partial charge on any atom is -0.488 e. The Kier molecular flexibility index (Phi) is 4.85. The van der Waals surface area contributed by atoms with E-state index in [0.717, 1.165) is 12.1 Å². The standard InChI is InChI=1S/C14H10BrF2NO3/c15-7-9-6-10(18(19)20)4-5-14(9)21-8-11-12(16)2-1-3-13(11)17/h1-6H,7-8H2. The van der Waals surface area contributed by atoms with Gasteiger partial charge in [-0.05, 0) is 18.2 Å². The van der Waals surface area contributed by atoms with Crippen molar-refractivity contribution in [3.05, 3.63) is 69.3 Å². The van der Waals surface area contributed by atoms with Crippen LogP contribution in [0.5, 0.6) is 5.75 Å². The minimum absolute atomic E-state index is 0.0751. The first-order valence-corrected chi connectivity index (χ1v) is 7.04. The van der Waals surface area contributed by atoms with E-state index in [0.29, 0.717) is 16.6 Å². The van der Waals surface area contributed by atoms with Gasteiger partial charge < -0.3 is 4.74 Å². The Bertz CT molecular complexity index is 659. The maximum Gasteiger partial charge on any atom is 0.270 e. The number of ether oxygens (including phenoxy) is 1. The molecular weight excluding hydrogens is 348 g/mol. The molecule has 0 saturated heterocycles. The Labute approximate surface area is 127 Å². The first kappa shape index (κ1) is 15.4. The highest BCUT2D eigenvalue weighted by molar-refractivity contribution is 9.08. The summed E-state index contributed by atoms with van der Waals surface area (Å²) >= 11 is 3.20. The van der Waals surface area contributed by atoms with E-state index in [2.05, 4.69) is 15.9 Å². The Hall–Kier alpha value is -2.02. The molecule has 0 aliphatic heterocycles. The fourth-order valence-corrected chi connectivity index (χ4v) is 2.18. The van der Waals surface area contributed by atoms with Gasteiger partial charge in [-0.1, -0.05) is 22.0 Å². The smallest absolute Gasteiger partial charge is 0.270 e. The second-order valence-electron chi connectivity index (χ2n) is 4.17. The van der Waals surface area contributed by atoms with E-state index in [9.17, 15) is 18.9 Å². The van der Waals surface area contributed by atoms with E-state index in [4.69, 9.17) is 4.74 Å². The molecule has 0 amide bonds. The maximum absolute atomic E-state index is 13.5. The molecule has 2 aromatic carbocycles. The lowest BCUT2D eigenvalue weighted by molar-refractivity contribution is -0.384. The summed E-state index contributed by atoms with van der Waals surface area (Å²) in [6.07, 6.45) is 0. The second kappa shape index (κ2) is 6.62. The van der Waals surface area contributed by atoms with Crippen molar-refractivity contribution in [2.24, 2.45) is 0 Å². The van der Waals surface area contributed by atoms with Crippen molar-refractivity contribution in [2.45, 2.75) is 11.9 Å². The molecule has 110 valence electrons. The van der Waals surface area contributed by atoms with Crippen LogP contribution in [0, 0.1) is 21.7 Å². The van der Waals surface area contributed by atoms with Gasteiger partial charge in [-0.2, -0.15) is 0 Å². The van der Waals surface area contributed by atoms with Gasteiger partial charge in [0, 0.05) is 23.0 Å². The number of nitro benzene ring substituents is 1. The second-order valence-corrected chi connectivity index (χ2v) is 4.73. The first-order valence-electron chi connectivity index (χ1n) is 5.92. The fourth-order valence-electron chi connectivity index (χ4n) is 1.74. The van der Waals surface area contributed by atoms with Gasteiger partial charge in [-0.15, -0.1) is 0 Å². The van der Waals surface area contributed by atoms with Crippen LogP contribution in [0.15, 0.2) is 36.4 Å². The van der Waals surface area contributed by atoms with E-state index in [1.807, 2.05) is 0 Å². The summed E-state index contributed by atoms with van der Waals surface area (Å²) in [5, 5.41) is 11.0. The normalized spacial score (nSPS) is 10.4. The van der Waals surface area contributed by atoms with Gasteiger partial charge >= 0.3 is 0 Å². The Morgan fingerprint density at radius 1 is 1.19 bits per heavy atom. The molecule has 0 unspecified atom stereocenters. The minimum atomic E-state index is -0.697. The average molecular weight is 358 g/mol. The molecular formula is C14H10BrF2NO3. The number of nitro groups is 1. The van der Waals surface area contributed by atoms with Crippen LogP contribution >= 0.6 is 15.9 Å². The van der Waals surface area contributed by atoms with E-state index in [1.54, 1.807) is 0 Å². The van der Waals surface area contributed by atoms with Crippen LogP contribution in [0.2, 0.25) is 0 Å². The van der Waals surface area contributed by atoms with E-state index >= 15 is 0 Å². The maximum atomic E-state index is 13.5. The molecule has 0 bridgehead atoms. The predicted octanol–water partition coefficient (Wildman–Crippen LogP) is 4.35. The van der Waals surface area contributed by atoms with Crippen LogP contribution in [-0.2, 0) is 11.9 Å². The van der Waals surface area contributed by atoms with E-state index in [1.165, 1.54) is 24.3 Å². The molecule has 4 nitrogen and oxygen atoms in total. The molecule has 0 spiro atoms. The third kappa shape index (κ3) is 3.55. The van der Waals surface area contributed by atoms with Gasteiger partial charge in [0.2, 0.25) is 0 Å². The van der Waals surface area contributed by atoms with Crippen molar-refractivity contribution in [3.8, 4) is 5.75 Å². The number of hydrogen-bond donors (Lipinski definition) is 0. The summed E-state index contributed by atoms with van der Waals surface area (Å²) in [6.45, 7) is -0.295. The predicted molar refractivity (Wildman–Crippen MR) is 76.4 cm³/mol. The number of alkyl halides is 1. The van der Waals surface area contributed by atoms with Gasteiger partial charge in [0.15, 0.2) is 0 Å². The van der Waals surface area contributed by atoms with Crippen LogP contribution in [0.4, 0.5) is 14.5 Å². The number of hydrogen-bond acceptors (Lipinski definition) is 3. The van der Waals surface area contributed by atoms with Crippen molar-refractivity contribution >= 4 is 21.6 Å². The molecule has 7 heteroatoms. The van der Waals surface area contributed by atoms with Gasteiger partial charge in [0.05, 0.1) is 10.5 Å². The Balaban J connectivity index is 2.22. The average Bonchev–Trinajstić information content (AvgIpc) is 2.46. The number of non-ortho nitro benzene ring substituents is 1. The summed E-state index contributed by atoms with van der Waals surface area (Å²) < 4.78 is 32.4. The van der Waals surface area contributed by atoms with Gasteiger partial charge in [0.25, 0.3) is 5.69 Å². The number of halogens is 3. The fraction of sp³-hybridized carbons (Fsp3) is 0.143. The van der Waals surface area contributed by atoms with Crippen LogP contribution in [0.3, 0.4) is 0 Å². The summed E-state index contributed by atoms with van der Waals surface area (Å²) in [7, 11) is 0. The summed E-state index contributed by atoms with van der Waals surface area (Å²) in [5.74, 6) is -1.06. The molecule has 0 aliphatic rings. The van der Waals surface area contributed by atoms with E-state index in [-0.39, 0.29) is 17.9 Å². The topological polar surface area (TPSA) is 52.4 Å². The van der Waals surface area contributed by atoms with E-state index < -0.39 is 16.6 Å². The summed E-state index contributed by atoms with van der Waals surface area (Å²) in [4.78, 5) is 10.2. The zero-order valence-corrected chi connectivity index (χ0v) is 12.3. The van der Waals surface area contributed by atoms with Crippen molar-refractivity contribution in [2.75, 3.05) is 0 Å². The number of rotatable bonds is 5. The van der Waals surface area contributed by atoms with Gasteiger partial charge in [-0.3, -0.25) is 10.1 Å². The monoisotopic (exact) mass is 357 g/mol. The molecule has 0 heterocycles. The molecule has 0 fully saturated rings. The summed E-state index contributed by atoms with van der Waals surface area (Å²) in [5.41, 5.74) is 0.270. The molecule has 0 N–H and O–H groups in total. The lowest BCUT2D eigenvalue weighted by Gasteiger charge is -2.11. The zero-order chi connectivity index (χ0) is 15.4. The SMILES string of the molecule is O=[N+]([O-])c1ccc(OCc2c(F)cccc2F)c(CBr)c1. The van der Waals surface area contributed by atoms with Crippen LogP contribution < -0.4 is 4.74 Å². The third-order valence-corrected chi connectivity index (χ3v) is 3.44. The molecule has 0 aliphatic carbocycles. The zero-order valence-electron chi connectivity index (χ0n) is 10.7. The van der Waals surface area contributed by atoms with Crippen molar-refractivity contribution < 1.29 is 18.4 Å². The van der Waals surface area contributed by atoms with Crippen LogP contribution in [-0.4, -0.2) is 4.92 Å². The molecule has 2 rings (SSSR count). The highest BCUT2D eigenvalue weighted by Gasteiger charge is 2.13. The lowest BCUT2D eigenvalue weighted by Crippen LogP contribution is -2.03.